The predicted octanol–water partition coefficient (Wildman–Crippen LogP) is 2.32. The number of piperidine rings is 1. The van der Waals surface area contributed by atoms with E-state index < -0.39 is 6.17 Å². The fourth-order valence-electron chi connectivity index (χ4n) is 2.76. The van der Waals surface area contributed by atoms with Crippen LogP contribution in [0, 0.1) is 0 Å². The predicted molar refractivity (Wildman–Crippen MR) is 57.6 cm³/mol. The first-order chi connectivity index (χ1) is 7.27. The minimum Gasteiger partial charge on any atom is -0.298 e. The molecule has 0 amide bonds. The molecule has 2 unspecified atom stereocenters. The third-order valence-corrected chi connectivity index (χ3v) is 3.61. The van der Waals surface area contributed by atoms with Gasteiger partial charge in [-0.1, -0.05) is 12.8 Å². The summed E-state index contributed by atoms with van der Waals surface area (Å²) < 4.78 is 13.3. The Morgan fingerprint density at radius 2 is 2.00 bits per heavy atom. The minimum atomic E-state index is -0.713. The summed E-state index contributed by atoms with van der Waals surface area (Å²) in [7, 11) is 0. The van der Waals surface area contributed by atoms with Gasteiger partial charge in [0.05, 0.1) is 6.04 Å². The molecule has 86 valence electrons. The molecular weight excluding hydrogens is 193 g/mol. The number of rotatable bonds is 1. The van der Waals surface area contributed by atoms with Crippen LogP contribution in [0.3, 0.4) is 0 Å². The Hall–Kier alpha value is -0.440. The lowest BCUT2D eigenvalue weighted by molar-refractivity contribution is -0.125. The first-order valence-electron chi connectivity index (χ1n) is 6.18. The lowest BCUT2D eigenvalue weighted by Gasteiger charge is -2.34. The highest BCUT2D eigenvalue weighted by molar-refractivity contribution is 5.84. The number of alkyl halides is 1. The Labute approximate surface area is 90.8 Å². The number of ketones is 1. The Kier molecular flexibility index (Phi) is 3.73. The summed E-state index contributed by atoms with van der Waals surface area (Å²) in [4.78, 5) is 13.9. The van der Waals surface area contributed by atoms with Crippen LogP contribution in [0.5, 0.6) is 0 Å². The van der Waals surface area contributed by atoms with E-state index in [9.17, 15) is 9.18 Å². The minimum absolute atomic E-state index is 0.0334. The van der Waals surface area contributed by atoms with Crippen LogP contribution >= 0.6 is 0 Å². The highest BCUT2D eigenvalue weighted by Crippen LogP contribution is 2.23. The Balaban J connectivity index is 1.97. The highest BCUT2D eigenvalue weighted by Gasteiger charge is 2.30. The molecule has 1 aliphatic heterocycles. The van der Waals surface area contributed by atoms with Crippen molar-refractivity contribution in [1.29, 1.82) is 0 Å². The topological polar surface area (TPSA) is 20.3 Å². The summed E-state index contributed by atoms with van der Waals surface area (Å²) >= 11 is 0. The van der Waals surface area contributed by atoms with Gasteiger partial charge in [0.25, 0.3) is 0 Å². The Morgan fingerprint density at radius 3 is 2.80 bits per heavy atom. The van der Waals surface area contributed by atoms with Crippen LogP contribution in [-0.4, -0.2) is 36.0 Å². The molecule has 2 rings (SSSR count). The van der Waals surface area contributed by atoms with Gasteiger partial charge >= 0.3 is 0 Å². The van der Waals surface area contributed by atoms with Crippen molar-refractivity contribution in [2.75, 3.05) is 13.1 Å². The van der Waals surface area contributed by atoms with Crippen LogP contribution < -0.4 is 0 Å². The second-order valence-electron chi connectivity index (χ2n) is 4.82. The summed E-state index contributed by atoms with van der Waals surface area (Å²) in [6.07, 6.45) is 5.85. The molecule has 0 aromatic rings. The highest BCUT2D eigenvalue weighted by atomic mass is 19.1. The Bertz CT molecular complexity index is 232. The van der Waals surface area contributed by atoms with Crippen LogP contribution in [0.15, 0.2) is 0 Å². The third-order valence-electron chi connectivity index (χ3n) is 3.61. The largest absolute Gasteiger partial charge is 0.298 e. The fourth-order valence-corrected chi connectivity index (χ4v) is 2.76. The second-order valence-corrected chi connectivity index (χ2v) is 4.82. The third kappa shape index (κ3) is 2.77. The molecule has 3 heteroatoms. The van der Waals surface area contributed by atoms with Gasteiger partial charge < -0.3 is 0 Å². The quantitative estimate of drug-likeness (QED) is 0.623. The van der Waals surface area contributed by atoms with Crippen LogP contribution in [0.2, 0.25) is 0 Å². The van der Waals surface area contributed by atoms with Crippen LogP contribution in [-0.2, 0) is 4.79 Å². The van der Waals surface area contributed by atoms with E-state index >= 15 is 0 Å². The summed E-state index contributed by atoms with van der Waals surface area (Å²) in [5.41, 5.74) is 0. The van der Waals surface area contributed by atoms with E-state index in [-0.39, 0.29) is 6.04 Å². The molecule has 1 aliphatic carbocycles. The van der Waals surface area contributed by atoms with E-state index in [1.165, 1.54) is 0 Å². The summed E-state index contributed by atoms with van der Waals surface area (Å²) in [6, 6.07) is 0.0334. The van der Waals surface area contributed by atoms with Gasteiger partial charge in [-0.2, -0.15) is 0 Å². The first-order valence-corrected chi connectivity index (χ1v) is 6.18. The molecule has 0 aromatic heterocycles. The van der Waals surface area contributed by atoms with Gasteiger partial charge in [-0.3, -0.25) is 9.69 Å². The average molecular weight is 213 g/mol. The molecule has 0 radical (unpaired) electrons. The number of hydrogen-bond donors (Lipinski definition) is 0. The number of Topliss-reactive ketones (excluding diaryl/α,β-unsaturated/α-hetero) is 1. The van der Waals surface area contributed by atoms with Gasteiger partial charge in [0.2, 0.25) is 0 Å². The molecule has 1 saturated carbocycles. The smallest absolute Gasteiger partial charge is 0.149 e. The van der Waals surface area contributed by atoms with E-state index in [2.05, 4.69) is 4.90 Å². The lowest BCUT2D eigenvalue weighted by Crippen LogP contribution is -2.46. The average Bonchev–Trinajstić information content (AvgIpc) is 2.43. The van der Waals surface area contributed by atoms with Crippen molar-refractivity contribution in [3.63, 3.8) is 0 Å². The number of hydrogen-bond acceptors (Lipinski definition) is 2. The molecule has 1 saturated heterocycles. The van der Waals surface area contributed by atoms with E-state index in [0.29, 0.717) is 25.2 Å². The van der Waals surface area contributed by atoms with Crippen molar-refractivity contribution in [3.05, 3.63) is 0 Å². The lowest BCUT2D eigenvalue weighted by atomic mass is 10.0. The van der Waals surface area contributed by atoms with Crippen LogP contribution in [0.1, 0.15) is 44.9 Å². The molecule has 0 aromatic carbocycles. The maximum atomic E-state index is 13.3. The number of carbonyl (C=O) groups is 1. The van der Waals surface area contributed by atoms with E-state index in [4.69, 9.17) is 0 Å². The first kappa shape index (κ1) is 11.1. The number of likely N-dealkylation sites (tertiary alicyclic amines) is 1. The monoisotopic (exact) mass is 213 g/mol. The van der Waals surface area contributed by atoms with Crippen LogP contribution in [0.4, 0.5) is 4.39 Å². The molecule has 2 atom stereocenters. The molecule has 2 nitrogen and oxygen atoms in total. The number of carbonyl (C=O) groups excluding carboxylic acids is 1. The van der Waals surface area contributed by atoms with Crippen LogP contribution in [0.25, 0.3) is 0 Å². The van der Waals surface area contributed by atoms with Gasteiger partial charge in [0.15, 0.2) is 0 Å². The standard InChI is InChI=1S/C12H20FNO/c13-10-5-4-8-14(9-10)11-6-2-1-3-7-12(11)15/h10-11H,1-9H2. The van der Waals surface area contributed by atoms with Crippen molar-refractivity contribution in [3.8, 4) is 0 Å². The molecule has 0 bridgehead atoms. The maximum Gasteiger partial charge on any atom is 0.149 e. The van der Waals surface area contributed by atoms with Crippen molar-refractivity contribution >= 4 is 5.78 Å². The van der Waals surface area contributed by atoms with Gasteiger partial charge in [0.1, 0.15) is 12.0 Å². The number of halogens is 1. The summed E-state index contributed by atoms with van der Waals surface area (Å²) in [5, 5.41) is 0. The van der Waals surface area contributed by atoms with Gasteiger partial charge in [0, 0.05) is 13.0 Å². The SMILES string of the molecule is O=C1CCCCCC1N1CCCC(F)C1. The Morgan fingerprint density at radius 1 is 1.13 bits per heavy atom. The molecule has 15 heavy (non-hydrogen) atoms. The van der Waals surface area contributed by atoms with Gasteiger partial charge in [-0.15, -0.1) is 0 Å². The molecule has 0 N–H and O–H groups in total. The normalized spacial score (nSPS) is 35.1. The van der Waals surface area contributed by atoms with Gasteiger partial charge in [-0.05, 0) is 32.2 Å². The number of nitrogens with zero attached hydrogens (tertiary/aromatic N) is 1. The van der Waals surface area contributed by atoms with E-state index in [1.54, 1.807) is 0 Å². The zero-order valence-electron chi connectivity index (χ0n) is 9.25. The molecule has 1 heterocycles. The zero-order valence-corrected chi connectivity index (χ0v) is 9.25. The maximum absolute atomic E-state index is 13.3. The van der Waals surface area contributed by atoms with Crippen molar-refractivity contribution in [1.82, 2.24) is 4.90 Å². The van der Waals surface area contributed by atoms with E-state index in [1.807, 2.05) is 0 Å². The molecular formula is C12H20FNO. The zero-order chi connectivity index (χ0) is 10.7. The van der Waals surface area contributed by atoms with Crippen molar-refractivity contribution < 1.29 is 9.18 Å². The molecule has 2 fully saturated rings. The van der Waals surface area contributed by atoms with E-state index in [0.717, 1.165) is 38.6 Å². The molecule has 2 aliphatic rings. The fraction of sp³-hybridized carbons (Fsp3) is 0.917. The van der Waals surface area contributed by atoms with Crippen molar-refractivity contribution in [2.24, 2.45) is 0 Å². The summed E-state index contributed by atoms with van der Waals surface area (Å²) in [6.45, 7) is 1.40. The van der Waals surface area contributed by atoms with Crippen molar-refractivity contribution in [2.45, 2.75) is 57.2 Å². The summed E-state index contributed by atoms with van der Waals surface area (Å²) in [5.74, 6) is 0.349. The molecule has 0 spiro atoms. The van der Waals surface area contributed by atoms with Gasteiger partial charge in [-0.25, -0.2) is 4.39 Å². The second kappa shape index (κ2) is 5.06.